The molecule has 11 nitrogen and oxygen atoms in total. The van der Waals surface area contributed by atoms with Crippen LogP contribution in [0.3, 0.4) is 0 Å². The highest BCUT2D eigenvalue weighted by Crippen LogP contribution is 2.35. The van der Waals surface area contributed by atoms with Gasteiger partial charge in [0.25, 0.3) is 17.3 Å². The summed E-state index contributed by atoms with van der Waals surface area (Å²) in [4.78, 5) is 34.3. The first-order valence-corrected chi connectivity index (χ1v) is 11.5. The molecule has 0 aliphatic carbocycles. The van der Waals surface area contributed by atoms with Crippen LogP contribution in [0, 0.1) is 11.0 Å². The van der Waals surface area contributed by atoms with E-state index in [-0.39, 0.29) is 41.0 Å². The summed E-state index contributed by atoms with van der Waals surface area (Å²) in [7, 11) is 2.91. The van der Waals surface area contributed by atoms with Crippen LogP contribution < -0.4 is 29.8 Å². The van der Waals surface area contributed by atoms with Crippen LogP contribution in [0.4, 0.5) is 10.1 Å². The van der Waals surface area contributed by atoms with Crippen molar-refractivity contribution in [1.29, 1.82) is 0 Å². The smallest absolute Gasteiger partial charge is 0.267 e. The van der Waals surface area contributed by atoms with Crippen molar-refractivity contribution >= 4 is 35.0 Å². The van der Waals surface area contributed by atoms with Crippen molar-refractivity contribution in [2.45, 2.75) is 0 Å². The molecule has 0 bridgehead atoms. The number of amides is 1. The fourth-order valence-electron chi connectivity index (χ4n) is 3.80. The third-order valence-electron chi connectivity index (χ3n) is 5.68. The van der Waals surface area contributed by atoms with Crippen LogP contribution in [-0.2, 0) is 0 Å². The van der Waals surface area contributed by atoms with Crippen LogP contribution in [-0.4, -0.2) is 34.7 Å². The van der Waals surface area contributed by atoms with Crippen molar-refractivity contribution in [3.05, 3.63) is 106 Å². The second-order valence-corrected chi connectivity index (χ2v) is 8.09. The van der Waals surface area contributed by atoms with E-state index in [1.807, 2.05) is 0 Å². The van der Waals surface area contributed by atoms with E-state index in [1.165, 1.54) is 86.0 Å². The highest BCUT2D eigenvalue weighted by Gasteiger charge is 2.17. The lowest BCUT2D eigenvalue weighted by Gasteiger charge is -2.12. The second-order valence-electron chi connectivity index (χ2n) is 8.09. The number of nitrogens with zero attached hydrogens (tertiary/aromatic N) is 4. The maximum absolute atomic E-state index is 15.0. The largest absolute Gasteiger partial charge is 0.619 e. The number of rotatable bonds is 7. The van der Waals surface area contributed by atoms with Gasteiger partial charge in [0.2, 0.25) is 0 Å². The van der Waals surface area contributed by atoms with Crippen LogP contribution >= 0.6 is 12.4 Å². The molecule has 0 saturated carbocycles. The number of fused-ring (bicyclic) bond motifs is 1. The van der Waals surface area contributed by atoms with Gasteiger partial charge in [0.1, 0.15) is 11.1 Å². The molecule has 0 aliphatic heterocycles. The number of pyridine rings is 4. The SMILES string of the molecule is COc1cc2nccc(Oc3ccc(NC(=O)c4cccn(-c5cc[n+]([O-])cc5)c4=O)cc3F)c2nc1OC.Cl. The standard InChI is InChI=1S/C27H20FN5O6.ClH/c1-37-23-15-20-24(31-26(23)38-2)22(7-10-29-20)39-21-6-5-16(14-19(21)28)30-25(34)18-4-3-11-33(27(18)35)17-8-12-32(36)13-9-17;/h3-15H,1-2H3,(H,30,34);1H. The van der Waals surface area contributed by atoms with Gasteiger partial charge in [-0.15, -0.1) is 12.4 Å². The monoisotopic (exact) mass is 565 g/mol. The lowest BCUT2D eigenvalue weighted by atomic mass is 10.2. The summed E-state index contributed by atoms with van der Waals surface area (Å²) >= 11 is 0. The van der Waals surface area contributed by atoms with Gasteiger partial charge in [0.15, 0.2) is 35.5 Å². The summed E-state index contributed by atoms with van der Waals surface area (Å²) in [5, 5.41) is 13.8. The zero-order chi connectivity index (χ0) is 27.5. The summed E-state index contributed by atoms with van der Waals surface area (Å²) in [6.45, 7) is 0. The molecule has 4 heterocycles. The molecule has 0 saturated heterocycles. The normalized spacial score (nSPS) is 10.5. The van der Waals surface area contributed by atoms with Gasteiger partial charge in [-0.25, -0.2) is 9.37 Å². The highest BCUT2D eigenvalue weighted by molar-refractivity contribution is 6.04. The maximum atomic E-state index is 15.0. The summed E-state index contributed by atoms with van der Waals surface area (Å²) in [5.41, 5.74) is 0.514. The first-order valence-electron chi connectivity index (χ1n) is 11.5. The number of ether oxygens (including phenoxy) is 3. The molecule has 1 amide bonds. The molecule has 0 unspecified atom stereocenters. The minimum atomic E-state index is -0.765. The van der Waals surface area contributed by atoms with Gasteiger partial charge in [0, 0.05) is 48.4 Å². The molecular weight excluding hydrogens is 545 g/mol. The van der Waals surface area contributed by atoms with Gasteiger partial charge in [0.05, 0.1) is 25.4 Å². The fraction of sp³-hybridized carbons (Fsp3) is 0.0741. The summed E-state index contributed by atoms with van der Waals surface area (Å²) < 4.78 is 33.1. The summed E-state index contributed by atoms with van der Waals surface area (Å²) in [5.74, 6) is -0.807. The topological polar surface area (TPSA) is 132 Å². The van der Waals surface area contributed by atoms with Gasteiger partial charge in [-0.05, 0) is 24.3 Å². The van der Waals surface area contributed by atoms with E-state index >= 15 is 0 Å². The molecule has 0 aliphatic rings. The molecule has 1 N–H and O–H groups in total. The van der Waals surface area contributed by atoms with E-state index in [1.54, 1.807) is 6.07 Å². The quantitative estimate of drug-likeness (QED) is 0.231. The number of hydrogen-bond donors (Lipinski definition) is 1. The molecule has 5 aromatic rings. The first kappa shape index (κ1) is 27.8. The number of methoxy groups -OCH3 is 2. The summed E-state index contributed by atoms with van der Waals surface area (Å²) in [6.07, 6.45) is 5.43. The molecule has 0 spiro atoms. The molecule has 0 atom stereocenters. The molecular formula is C27H21ClFN5O6. The van der Waals surface area contributed by atoms with E-state index < -0.39 is 17.3 Å². The fourth-order valence-corrected chi connectivity index (χ4v) is 3.80. The van der Waals surface area contributed by atoms with Crippen LogP contribution in [0.25, 0.3) is 16.7 Å². The third kappa shape index (κ3) is 5.47. The van der Waals surface area contributed by atoms with Crippen LogP contribution in [0.1, 0.15) is 10.4 Å². The van der Waals surface area contributed by atoms with Crippen molar-refractivity contribution in [2.75, 3.05) is 19.5 Å². The number of carbonyl (C=O) groups excluding carboxylic acids is 1. The minimum Gasteiger partial charge on any atom is -0.619 e. The Morgan fingerprint density at radius 1 is 1.02 bits per heavy atom. The van der Waals surface area contributed by atoms with Gasteiger partial charge < -0.3 is 24.7 Å². The number of aromatic nitrogens is 4. The van der Waals surface area contributed by atoms with Crippen molar-refractivity contribution in [3.63, 3.8) is 0 Å². The average molecular weight is 566 g/mol. The molecule has 5 rings (SSSR count). The predicted molar refractivity (Wildman–Crippen MR) is 145 cm³/mol. The Morgan fingerprint density at radius 2 is 1.80 bits per heavy atom. The zero-order valence-corrected chi connectivity index (χ0v) is 21.8. The third-order valence-corrected chi connectivity index (χ3v) is 5.68. The Balaban J connectivity index is 0.00000370. The van der Waals surface area contributed by atoms with Crippen LogP contribution in [0.15, 0.2) is 84.2 Å². The molecule has 13 heteroatoms. The van der Waals surface area contributed by atoms with E-state index in [2.05, 4.69) is 15.3 Å². The Bertz CT molecular complexity index is 1760. The Labute approximate surface area is 232 Å². The molecule has 204 valence electrons. The number of hydrogen-bond acceptors (Lipinski definition) is 8. The molecule has 0 radical (unpaired) electrons. The molecule has 1 aromatic carbocycles. The first-order chi connectivity index (χ1) is 18.9. The van der Waals surface area contributed by atoms with E-state index in [9.17, 15) is 19.2 Å². The number of anilines is 1. The minimum absolute atomic E-state index is 0. The Morgan fingerprint density at radius 3 is 2.50 bits per heavy atom. The number of nitrogens with one attached hydrogen (secondary N) is 1. The molecule has 0 fully saturated rings. The highest BCUT2D eigenvalue weighted by atomic mass is 35.5. The van der Waals surface area contributed by atoms with Crippen molar-refractivity contribution < 1.29 is 28.1 Å². The van der Waals surface area contributed by atoms with Gasteiger partial charge >= 0.3 is 0 Å². The molecule has 40 heavy (non-hydrogen) atoms. The van der Waals surface area contributed by atoms with Crippen LogP contribution in [0.5, 0.6) is 23.1 Å². The Kier molecular flexibility index (Phi) is 8.10. The van der Waals surface area contributed by atoms with Crippen molar-refractivity contribution in [3.8, 4) is 28.8 Å². The van der Waals surface area contributed by atoms with Crippen LogP contribution in [0.2, 0.25) is 0 Å². The number of halogens is 2. The number of benzene rings is 1. The second kappa shape index (κ2) is 11.7. The van der Waals surface area contributed by atoms with Gasteiger partial charge in [-0.2, -0.15) is 4.73 Å². The summed E-state index contributed by atoms with van der Waals surface area (Å²) in [6, 6.07) is 12.7. The lowest BCUT2D eigenvalue weighted by Crippen LogP contribution is -2.29. The molecule has 4 aromatic heterocycles. The number of carbonyl (C=O) groups is 1. The lowest BCUT2D eigenvalue weighted by molar-refractivity contribution is -0.605. The zero-order valence-electron chi connectivity index (χ0n) is 21.0. The van der Waals surface area contributed by atoms with Gasteiger partial charge in [-0.1, -0.05) is 0 Å². The van der Waals surface area contributed by atoms with Crippen molar-refractivity contribution in [1.82, 2.24) is 14.5 Å². The predicted octanol–water partition coefficient (Wildman–Crippen LogP) is 4.04. The average Bonchev–Trinajstić information content (AvgIpc) is 2.94. The maximum Gasteiger partial charge on any atom is 0.267 e. The van der Waals surface area contributed by atoms with Gasteiger partial charge in [-0.3, -0.25) is 19.1 Å². The Hall–Kier alpha value is -5.23. The van der Waals surface area contributed by atoms with E-state index in [0.29, 0.717) is 27.2 Å². The van der Waals surface area contributed by atoms with E-state index in [4.69, 9.17) is 14.2 Å². The van der Waals surface area contributed by atoms with E-state index in [0.717, 1.165) is 6.07 Å². The van der Waals surface area contributed by atoms with Crippen molar-refractivity contribution in [2.24, 2.45) is 0 Å².